The highest BCUT2D eigenvalue weighted by Crippen LogP contribution is 2.53. The zero-order valence-electron chi connectivity index (χ0n) is 12.3. The second-order valence-electron chi connectivity index (χ2n) is 6.59. The molecular weight excluding hydrogens is 272 g/mol. The number of hydrogen-bond donors (Lipinski definition) is 1. The molecule has 2 saturated heterocycles. The lowest BCUT2D eigenvalue weighted by Crippen LogP contribution is -2.54. The van der Waals surface area contributed by atoms with Crippen LogP contribution in [0.5, 0.6) is 0 Å². The SMILES string of the molecule is C=C/C=C1/C(=O)O[C@@]2(CO)C=CC3(OCC(C)(C)CO3)[C@@H]12. The number of carbonyl (C=O) groups is 1. The van der Waals surface area contributed by atoms with Crippen LogP contribution in [0.2, 0.25) is 0 Å². The van der Waals surface area contributed by atoms with Crippen molar-refractivity contribution in [2.24, 2.45) is 11.3 Å². The van der Waals surface area contributed by atoms with Crippen molar-refractivity contribution in [2.75, 3.05) is 19.8 Å². The van der Waals surface area contributed by atoms with Gasteiger partial charge in [0.25, 0.3) is 0 Å². The van der Waals surface area contributed by atoms with Crippen LogP contribution in [0.25, 0.3) is 0 Å². The molecule has 0 aromatic heterocycles. The Labute approximate surface area is 123 Å². The first-order valence-corrected chi connectivity index (χ1v) is 7.03. The molecule has 2 aliphatic heterocycles. The molecule has 0 radical (unpaired) electrons. The first kappa shape index (κ1) is 14.5. The Kier molecular flexibility index (Phi) is 3.13. The van der Waals surface area contributed by atoms with Gasteiger partial charge in [0.1, 0.15) is 0 Å². The summed E-state index contributed by atoms with van der Waals surface area (Å²) in [6, 6.07) is 0. The van der Waals surface area contributed by atoms with Crippen molar-refractivity contribution in [1.29, 1.82) is 0 Å². The fraction of sp³-hybridized carbons (Fsp3) is 0.562. The van der Waals surface area contributed by atoms with Gasteiger partial charge in [-0.3, -0.25) is 0 Å². The van der Waals surface area contributed by atoms with Crippen molar-refractivity contribution in [3.8, 4) is 0 Å². The lowest BCUT2D eigenvalue weighted by Gasteiger charge is -2.44. The van der Waals surface area contributed by atoms with E-state index in [1.165, 1.54) is 6.08 Å². The third-order valence-corrected chi connectivity index (χ3v) is 4.24. The van der Waals surface area contributed by atoms with Crippen LogP contribution < -0.4 is 0 Å². The predicted molar refractivity (Wildman–Crippen MR) is 75.2 cm³/mol. The van der Waals surface area contributed by atoms with E-state index in [9.17, 15) is 9.90 Å². The molecule has 1 N–H and O–H groups in total. The molecule has 114 valence electrons. The fourth-order valence-corrected chi connectivity index (χ4v) is 3.14. The van der Waals surface area contributed by atoms with Gasteiger partial charge in [-0.25, -0.2) is 4.79 Å². The maximum Gasteiger partial charge on any atom is 0.335 e. The molecule has 0 amide bonds. The molecule has 2 heterocycles. The molecule has 1 aliphatic carbocycles. The van der Waals surface area contributed by atoms with E-state index < -0.39 is 23.3 Å². The van der Waals surface area contributed by atoms with Crippen LogP contribution in [0.15, 0.2) is 36.5 Å². The number of ether oxygens (including phenoxy) is 3. The molecule has 1 spiro atoms. The van der Waals surface area contributed by atoms with E-state index >= 15 is 0 Å². The van der Waals surface area contributed by atoms with E-state index in [4.69, 9.17) is 14.2 Å². The van der Waals surface area contributed by atoms with Gasteiger partial charge >= 0.3 is 5.97 Å². The lowest BCUT2D eigenvalue weighted by molar-refractivity contribution is -0.295. The summed E-state index contributed by atoms with van der Waals surface area (Å²) in [5.41, 5.74) is -0.772. The van der Waals surface area contributed by atoms with Crippen molar-refractivity contribution in [3.05, 3.63) is 36.5 Å². The van der Waals surface area contributed by atoms with Crippen LogP contribution in [-0.4, -0.2) is 42.3 Å². The number of esters is 1. The molecule has 0 aromatic carbocycles. The van der Waals surface area contributed by atoms with Gasteiger partial charge in [0.05, 0.1) is 31.3 Å². The monoisotopic (exact) mass is 292 g/mol. The first-order chi connectivity index (χ1) is 9.88. The zero-order valence-corrected chi connectivity index (χ0v) is 12.3. The maximum absolute atomic E-state index is 12.1. The Hall–Kier alpha value is -1.43. The lowest BCUT2D eigenvalue weighted by atomic mass is 9.82. The summed E-state index contributed by atoms with van der Waals surface area (Å²) in [5, 5.41) is 9.75. The van der Waals surface area contributed by atoms with Crippen LogP contribution in [0.3, 0.4) is 0 Å². The minimum absolute atomic E-state index is 0.0880. The summed E-state index contributed by atoms with van der Waals surface area (Å²) in [6.07, 6.45) is 6.57. The summed E-state index contributed by atoms with van der Waals surface area (Å²) in [4.78, 5) is 12.1. The molecule has 5 nitrogen and oxygen atoms in total. The van der Waals surface area contributed by atoms with E-state index in [-0.39, 0.29) is 12.0 Å². The normalized spacial score (nSPS) is 37.8. The summed E-state index contributed by atoms with van der Waals surface area (Å²) in [5.74, 6) is -2.04. The van der Waals surface area contributed by atoms with Gasteiger partial charge < -0.3 is 19.3 Å². The molecule has 0 saturated carbocycles. The van der Waals surface area contributed by atoms with Crippen LogP contribution in [-0.2, 0) is 19.0 Å². The second-order valence-corrected chi connectivity index (χ2v) is 6.59. The Morgan fingerprint density at radius 1 is 1.38 bits per heavy atom. The van der Waals surface area contributed by atoms with Gasteiger partial charge in [-0.05, 0) is 12.2 Å². The molecular formula is C16H20O5. The molecule has 2 fully saturated rings. The number of allylic oxidation sites excluding steroid dienone is 2. The van der Waals surface area contributed by atoms with Crippen molar-refractivity contribution < 1.29 is 24.1 Å². The van der Waals surface area contributed by atoms with Gasteiger partial charge in [-0.1, -0.05) is 32.6 Å². The van der Waals surface area contributed by atoms with E-state index in [1.54, 1.807) is 18.2 Å². The Morgan fingerprint density at radius 3 is 2.62 bits per heavy atom. The van der Waals surface area contributed by atoms with E-state index in [1.807, 2.05) is 0 Å². The molecule has 21 heavy (non-hydrogen) atoms. The zero-order chi connectivity index (χ0) is 15.3. The van der Waals surface area contributed by atoms with Crippen molar-refractivity contribution in [1.82, 2.24) is 0 Å². The highest BCUT2D eigenvalue weighted by atomic mass is 16.7. The summed E-state index contributed by atoms with van der Waals surface area (Å²) < 4.78 is 17.4. The number of aliphatic hydroxyl groups excluding tert-OH is 1. The number of aliphatic hydroxyl groups is 1. The standard InChI is InChI=1S/C16H20O5/c1-4-5-11-12-15(8-17,21-13(11)18)6-7-16(12)19-9-14(2,3)10-20-16/h4-7,12,17H,1,8-10H2,2-3H3/b11-5+/t12-,15+/m0/s1. The third kappa shape index (κ3) is 1.99. The molecule has 3 rings (SSSR count). The average Bonchev–Trinajstić information content (AvgIpc) is 2.90. The Bertz CT molecular complexity index is 535. The maximum atomic E-state index is 12.1. The topological polar surface area (TPSA) is 65.0 Å². The smallest absolute Gasteiger partial charge is 0.335 e. The Morgan fingerprint density at radius 2 is 2.05 bits per heavy atom. The minimum Gasteiger partial charge on any atom is -0.448 e. The summed E-state index contributed by atoms with van der Waals surface area (Å²) >= 11 is 0. The third-order valence-electron chi connectivity index (χ3n) is 4.24. The van der Waals surface area contributed by atoms with Gasteiger partial charge in [-0.2, -0.15) is 0 Å². The molecule has 3 aliphatic rings. The molecule has 2 atom stereocenters. The van der Waals surface area contributed by atoms with Crippen LogP contribution in [0, 0.1) is 11.3 Å². The number of hydrogen-bond acceptors (Lipinski definition) is 5. The highest BCUT2D eigenvalue weighted by Gasteiger charge is 2.65. The quantitative estimate of drug-likeness (QED) is 0.473. The van der Waals surface area contributed by atoms with Crippen molar-refractivity contribution >= 4 is 5.97 Å². The van der Waals surface area contributed by atoms with Crippen molar-refractivity contribution in [3.63, 3.8) is 0 Å². The molecule has 0 unspecified atom stereocenters. The largest absolute Gasteiger partial charge is 0.448 e. The molecule has 5 heteroatoms. The minimum atomic E-state index is -1.10. The summed E-state index contributed by atoms with van der Waals surface area (Å²) in [6.45, 7) is 8.43. The van der Waals surface area contributed by atoms with Gasteiger partial charge in [0.15, 0.2) is 11.4 Å². The van der Waals surface area contributed by atoms with Crippen LogP contribution in [0.1, 0.15) is 13.8 Å². The van der Waals surface area contributed by atoms with Crippen molar-refractivity contribution in [2.45, 2.75) is 25.2 Å². The van der Waals surface area contributed by atoms with Gasteiger partial charge in [-0.15, -0.1) is 0 Å². The Balaban J connectivity index is 2.01. The van der Waals surface area contributed by atoms with Crippen LogP contribution >= 0.6 is 0 Å². The van der Waals surface area contributed by atoms with Crippen LogP contribution in [0.4, 0.5) is 0 Å². The van der Waals surface area contributed by atoms with Gasteiger partial charge in [0, 0.05) is 5.41 Å². The second kappa shape index (κ2) is 4.53. The van der Waals surface area contributed by atoms with E-state index in [2.05, 4.69) is 20.4 Å². The number of carbonyl (C=O) groups excluding carboxylic acids is 1. The first-order valence-electron chi connectivity index (χ1n) is 7.03. The highest BCUT2D eigenvalue weighted by molar-refractivity contribution is 5.93. The summed E-state index contributed by atoms with van der Waals surface area (Å²) in [7, 11) is 0. The number of fused-ring (bicyclic) bond motifs is 2. The number of rotatable bonds is 2. The van der Waals surface area contributed by atoms with E-state index in [0.29, 0.717) is 18.8 Å². The van der Waals surface area contributed by atoms with E-state index in [0.717, 1.165) is 0 Å². The fourth-order valence-electron chi connectivity index (χ4n) is 3.14. The predicted octanol–water partition coefficient (Wildman–Crippen LogP) is 1.34. The van der Waals surface area contributed by atoms with Gasteiger partial charge in [0.2, 0.25) is 0 Å². The molecule has 0 bridgehead atoms. The molecule has 0 aromatic rings. The average molecular weight is 292 g/mol.